The van der Waals surface area contributed by atoms with Crippen molar-refractivity contribution in [1.82, 2.24) is 0 Å². The minimum atomic E-state index is -4.79. The van der Waals surface area contributed by atoms with Gasteiger partial charge in [-0.3, -0.25) is 0 Å². The Hall–Kier alpha value is -3.54. The average molecular weight is 725 g/mol. The third-order valence-electron chi connectivity index (χ3n) is 7.83. The molecule has 0 aliphatic carbocycles. The van der Waals surface area contributed by atoms with Crippen LogP contribution in [0.3, 0.4) is 0 Å². The number of rotatable bonds is 7. The summed E-state index contributed by atoms with van der Waals surface area (Å²) in [5.41, 5.74) is 17.9. The predicted molar refractivity (Wildman–Crippen MR) is 182 cm³/mol. The Balaban J connectivity index is 0.00000281. The Kier molecular flexibility index (Phi) is 12.1. The third-order valence-corrected chi connectivity index (χ3v) is 9.54. The van der Waals surface area contributed by atoms with Crippen LogP contribution < -0.4 is 70.6 Å². The summed E-state index contributed by atoms with van der Waals surface area (Å²) in [7, 11) is -9.41. The first-order chi connectivity index (χ1) is 22.7. The molecule has 0 atom stereocenters. The van der Waals surface area contributed by atoms with Crippen molar-refractivity contribution in [3.8, 4) is 11.1 Å². The molecule has 16 heteroatoms. The molecule has 6 aromatic carbocycles. The van der Waals surface area contributed by atoms with Gasteiger partial charge < -0.3 is 20.6 Å². The van der Waals surface area contributed by atoms with E-state index in [9.17, 15) is 25.9 Å². The van der Waals surface area contributed by atoms with Gasteiger partial charge in [0.15, 0.2) is 0 Å². The van der Waals surface area contributed by atoms with Crippen LogP contribution >= 0.6 is 0 Å². The molecule has 0 amide bonds. The van der Waals surface area contributed by atoms with Crippen molar-refractivity contribution < 1.29 is 85.1 Å². The fourth-order valence-corrected chi connectivity index (χ4v) is 6.53. The van der Waals surface area contributed by atoms with E-state index < -0.39 is 25.1 Å². The molecule has 0 bridgehead atoms. The zero-order valence-electron chi connectivity index (χ0n) is 27.4. The molecule has 50 heavy (non-hydrogen) atoms. The van der Waals surface area contributed by atoms with E-state index in [4.69, 9.17) is 11.5 Å². The first-order valence-corrected chi connectivity index (χ1v) is 17.1. The van der Waals surface area contributed by atoms with Crippen LogP contribution in [0.4, 0.5) is 34.1 Å². The molecule has 0 radical (unpaired) electrons. The minimum absolute atomic E-state index is 0. The molecule has 0 aromatic heterocycles. The summed E-state index contributed by atoms with van der Waals surface area (Å²) in [6, 6.07) is 26.0. The van der Waals surface area contributed by atoms with Gasteiger partial charge in [-0.1, -0.05) is 48.5 Å². The Morgan fingerprint density at radius 1 is 0.560 bits per heavy atom. The molecule has 0 unspecified atom stereocenters. The summed E-state index contributed by atoms with van der Waals surface area (Å²) in [6.07, 6.45) is 0. The molecule has 0 aliphatic heterocycles. The smallest absolute Gasteiger partial charge is 0.744 e. The fraction of sp³-hybridized carbons (Fsp3) is 0.0588. The zero-order chi connectivity index (χ0) is 34.4. The monoisotopic (exact) mass is 724 g/mol. The standard InChI is InChI=1S/C34H28N6O6S2.2Na/c1-19-15-21(8-13-29(19)37-39-31-18-32(48(44,45)46)26-5-3-4-6-27(26)33(31)36)22-9-14-30(20(2)16-22)38-40-34-25-11-10-24(47(41,42)43)17-23(25)7-12-28(34)35;;/h3-18H,35-36H2,1-2H3,(H,41,42,43)(H,44,45,46);;/q;2*+1/p-2. The van der Waals surface area contributed by atoms with Gasteiger partial charge >= 0.3 is 59.1 Å². The van der Waals surface area contributed by atoms with Gasteiger partial charge in [0.05, 0.1) is 32.5 Å². The largest absolute Gasteiger partial charge is 1.00 e. The maximum absolute atomic E-state index is 11.9. The molecule has 0 aliphatic rings. The van der Waals surface area contributed by atoms with Crippen molar-refractivity contribution in [2.24, 2.45) is 20.5 Å². The molecule has 0 saturated carbocycles. The Bertz CT molecular complexity index is 2580. The zero-order valence-corrected chi connectivity index (χ0v) is 33.1. The second kappa shape index (κ2) is 15.4. The van der Waals surface area contributed by atoms with Crippen LogP contribution in [-0.4, -0.2) is 25.9 Å². The quantitative estimate of drug-likeness (QED) is 0.107. The van der Waals surface area contributed by atoms with E-state index in [-0.39, 0.29) is 80.8 Å². The van der Waals surface area contributed by atoms with Crippen molar-refractivity contribution in [3.05, 3.63) is 108 Å². The number of nitrogens with two attached hydrogens (primary N) is 2. The first kappa shape index (κ1) is 39.2. The number of nitrogen functional groups attached to an aromatic ring is 2. The maximum Gasteiger partial charge on any atom is 1.00 e. The van der Waals surface area contributed by atoms with Crippen LogP contribution in [-0.2, 0) is 20.2 Å². The van der Waals surface area contributed by atoms with Gasteiger partial charge in [0, 0.05) is 16.2 Å². The number of hydrogen-bond donors (Lipinski definition) is 2. The second-order valence-corrected chi connectivity index (χ2v) is 13.8. The molecule has 4 N–H and O–H groups in total. The van der Waals surface area contributed by atoms with E-state index in [1.165, 1.54) is 24.3 Å². The number of aryl methyl sites for hydroxylation is 2. The molecule has 6 rings (SSSR count). The van der Waals surface area contributed by atoms with Crippen LogP contribution in [0.2, 0.25) is 0 Å². The predicted octanol–water partition coefficient (Wildman–Crippen LogP) is 2.09. The third kappa shape index (κ3) is 8.16. The van der Waals surface area contributed by atoms with E-state index in [1.807, 2.05) is 44.2 Å². The molecular formula is C34H26N6Na2O6S2. The van der Waals surface area contributed by atoms with Gasteiger partial charge in [-0.15, -0.1) is 10.2 Å². The van der Waals surface area contributed by atoms with Gasteiger partial charge in [-0.25, -0.2) is 16.8 Å². The first-order valence-electron chi connectivity index (χ1n) is 14.3. The normalized spacial score (nSPS) is 12.0. The summed E-state index contributed by atoms with van der Waals surface area (Å²) in [5, 5.41) is 18.9. The van der Waals surface area contributed by atoms with E-state index in [2.05, 4.69) is 20.5 Å². The molecule has 242 valence electrons. The van der Waals surface area contributed by atoms with Gasteiger partial charge in [-0.05, 0) is 90.0 Å². The number of anilines is 2. The average Bonchev–Trinajstić information content (AvgIpc) is 3.04. The molecule has 6 aromatic rings. The fourth-order valence-electron chi connectivity index (χ4n) is 5.32. The number of azo groups is 2. The van der Waals surface area contributed by atoms with E-state index in [1.54, 1.807) is 36.4 Å². The number of fused-ring (bicyclic) bond motifs is 2. The minimum Gasteiger partial charge on any atom is -0.744 e. The topological polar surface area (TPSA) is 216 Å². The molecule has 12 nitrogen and oxygen atoms in total. The Labute approximate surface area is 332 Å². The van der Waals surface area contributed by atoms with Crippen molar-refractivity contribution in [2.45, 2.75) is 23.6 Å². The molecule has 0 saturated heterocycles. The summed E-state index contributed by atoms with van der Waals surface area (Å²) in [6.45, 7) is 3.74. The van der Waals surface area contributed by atoms with E-state index in [0.717, 1.165) is 28.3 Å². The SMILES string of the molecule is Cc1cc(-c2ccc(N=Nc3c(N)ccc4cc(S(=O)(=O)[O-])ccc34)c(C)c2)ccc1N=Nc1cc(S(=O)(=O)[O-])c2ccccc2c1N.[Na+].[Na+]. The molecular weight excluding hydrogens is 699 g/mol. The summed E-state index contributed by atoms with van der Waals surface area (Å²) < 4.78 is 70.2. The molecule has 0 heterocycles. The summed E-state index contributed by atoms with van der Waals surface area (Å²) in [4.78, 5) is -0.763. The number of hydrogen-bond acceptors (Lipinski definition) is 12. The van der Waals surface area contributed by atoms with Crippen LogP contribution in [0.25, 0.3) is 32.7 Å². The molecule has 0 fully saturated rings. The number of benzene rings is 6. The van der Waals surface area contributed by atoms with Crippen LogP contribution in [0.5, 0.6) is 0 Å². The van der Waals surface area contributed by atoms with E-state index in [0.29, 0.717) is 38.9 Å². The van der Waals surface area contributed by atoms with Crippen molar-refractivity contribution in [3.63, 3.8) is 0 Å². The van der Waals surface area contributed by atoms with E-state index >= 15 is 0 Å². The Morgan fingerprint density at radius 3 is 1.68 bits per heavy atom. The van der Waals surface area contributed by atoms with Crippen molar-refractivity contribution >= 4 is 75.9 Å². The van der Waals surface area contributed by atoms with Gasteiger partial charge in [0.25, 0.3) is 0 Å². The summed E-state index contributed by atoms with van der Waals surface area (Å²) in [5.74, 6) is 0. The van der Waals surface area contributed by atoms with Crippen LogP contribution in [0, 0.1) is 13.8 Å². The molecule has 0 spiro atoms. The van der Waals surface area contributed by atoms with Crippen LogP contribution in [0.15, 0.2) is 127 Å². The maximum atomic E-state index is 11.9. The number of nitrogens with zero attached hydrogens (tertiary/aromatic N) is 4. The van der Waals surface area contributed by atoms with Crippen LogP contribution in [0.1, 0.15) is 11.1 Å². The second-order valence-electron chi connectivity index (χ2n) is 11.1. The Morgan fingerprint density at radius 2 is 1.12 bits per heavy atom. The van der Waals surface area contributed by atoms with Crippen molar-refractivity contribution in [1.29, 1.82) is 0 Å². The van der Waals surface area contributed by atoms with Crippen molar-refractivity contribution in [2.75, 3.05) is 11.5 Å². The van der Waals surface area contributed by atoms with Gasteiger partial charge in [0.1, 0.15) is 31.6 Å². The summed E-state index contributed by atoms with van der Waals surface area (Å²) >= 11 is 0. The van der Waals surface area contributed by atoms with Gasteiger partial charge in [-0.2, -0.15) is 10.2 Å². The van der Waals surface area contributed by atoms with Gasteiger partial charge in [0.2, 0.25) is 0 Å².